The molecule has 0 spiro atoms. The van der Waals surface area contributed by atoms with Crippen LogP contribution in [0.15, 0.2) is 103 Å². The average molecular weight is 616 g/mol. The Kier molecular flexibility index (Phi) is 8.19. The number of hydrogen-bond donors (Lipinski definition) is 0. The maximum absolute atomic E-state index is 14.1. The van der Waals surface area contributed by atoms with Crippen LogP contribution in [0.25, 0.3) is 44.2 Å². The highest BCUT2D eigenvalue weighted by Gasteiger charge is 2.28. The molecule has 2 heterocycles. The molecule has 0 aliphatic rings. The minimum absolute atomic E-state index is 0.0815. The standard InChI is InChI=1S/C37H29NO8/c1-41-24-9-5-21(6-10-24)33-32(45-30-18-26(43-3)13-15-28(30)35(33)39)17-23(20-38)37-34(22-7-11-25(42-2)12-8-22)36(40)29-16-14-27(44-4)19-31(29)46-37/h5-16,18-19,23H,17H2,1-4H3. The molecule has 6 rings (SSSR count). The van der Waals surface area contributed by atoms with E-state index in [-0.39, 0.29) is 45.5 Å². The molecule has 0 amide bonds. The summed E-state index contributed by atoms with van der Waals surface area (Å²) >= 11 is 0. The molecule has 0 bridgehead atoms. The summed E-state index contributed by atoms with van der Waals surface area (Å²) in [5.74, 6) is 1.56. The lowest BCUT2D eigenvalue weighted by atomic mass is 9.90. The summed E-state index contributed by atoms with van der Waals surface area (Å²) in [6, 6.07) is 26.2. The van der Waals surface area contributed by atoms with Crippen LogP contribution in [0.4, 0.5) is 0 Å². The zero-order valence-electron chi connectivity index (χ0n) is 25.6. The van der Waals surface area contributed by atoms with Gasteiger partial charge in [-0.05, 0) is 59.7 Å². The maximum atomic E-state index is 14.1. The summed E-state index contributed by atoms with van der Waals surface area (Å²) < 4.78 is 34.2. The highest BCUT2D eigenvalue weighted by atomic mass is 16.5. The third-order valence-electron chi connectivity index (χ3n) is 7.92. The van der Waals surface area contributed by atoms with Gasteiger partial charge in [0, 0.05) is 18.6 Å². The van der Waals surface area contributed by atoms with E-state index in [9.17, 15) is 14.9 Å². The Hall–Kier alpha value is -6.01. The topological polar surface area (TPSA) is 121 Å². The van der Waals surface area contributed by atoms with Crippen molar-refractivity contribution in [2.24, 2.45) is 0 Å². The van der Waals surface area contributed by atoms with Crippen LogP contribution in [0.5, 0.6) is 23.0 Å². The Bertz CT molecular complexity index is 2230. The van der Waals surface area contributed by atoms with Crippen LogP contribution in [0, 0.1) is 11.3 Å². The second-order valence-electron chi connectivity index (χ2n) is 10.5. The van der Waals surface area contributed by atoms with E-state index < -0.39 is 5.92 Å². The van der Waals surface area contributed by atoms with E-state index in [1.54, 1.807) is 99.1 Å². The third-order valence-corrected chi connectivity index (χ3v) is 7.92. The molecular formula is C37H29NO8. The van der Waals surface area contributed by atoms with Gasteiger partial charge >= 0.3 is 0 Å². The average Bonchev–Trinajstić information content (AvgIpc) is 3.10. The zero-order chi connectivity index (χ0) is 32.4. The van der Waals surface area contributed by atoms with E-state index in [0.717, 1.165) is 0 Å². The van der Waals surface area contributed by atoms with Gasteiger partial charge in [0.25, 0.3) is 0 Å². The maximum Gasteiger partial charge on any atom is 0.200 e. The molecule has 1 atom stereocenters. The van der Waals surface area contributed by atoms with E-state index in [1.807, 2.05) is 0 Å². The van der Waals surface area contributed by atoms with E-state index in [1.165, 1.54) is 14.2 Å². The first-order chi connectivity index (χ1) is 22.4. The molecule has 6 aromatic rings. The van der Waals surface area contributed by atoms with Gasteiger partial charge in [0.15, 0.2) is 0 Å². The molecule has 0 aliphatic carbocycles. The van der Waals surface area contributed by atoms with Crippen molar-refractivity contribution in [3.63, 3.8) is 0 Å². The molecule has 0 radical (unpaired) electrons. The third kappa shape index (κ3) is 5.41. The Morgan fingerprint density at radius 1 is 0.609 bits per heavy atom. The molecular weight excluding hydrogens is 586 g/mol. The van der Waals surface area contributed by atoms with Gasteiger partial charge in [0.05, 0.1) is 56.4 Å². The van der Waals surface area contributed by atoms with Crippen LogP contribution in [0.2, 0.25) is 0 Å². The van der Waals surface area contributed by atoms with Gasteiger partial charge in [-0.1, -0.05) is 24.3 Å². The SMILES string of the molecule is COc1ccc(-c2c(CC(C#N)c3oc4cc(OC)ccc4c(=O)c3-c3ccc(OC)cc3)oc3cc(OC)ccc3c2=O)cc1. The molecule has 9 nitrogen and oxygen atoms in total. The van der Waals surface area contributed by atoms with Crippen molar-refractivity contribution < 1.29 is 27.8 Å². The van der Waals surface area contributed by atoms with Gasteiger partial charge in [-0.25, -0.2) is 0 Å². The number of ether oxygens (including phenoxy) is 4. The lowest BCUT2D eigenvalue weighted by Crippen LogP contribution is -2.15. The number of nitriles is 1. The second-order valence-corrected chi connectivity index (χ2v) is 10.5. The van der Waals surface area contributed by atoms with E-state index in [4.69, 9.17) is 27.8 Å². The summed E-state index contributed by atoms with van der Waals surface area (Å²) in [7, 11) is 6.15. The number of benzene rings is 4. The summed E-state index contributed by atoms with van der Waals surface area (Å²) in [6.45, 7) is 0. The van der Waals surface area contributed by atoms with Gasteiger partial charge in [-0.15, -0.1) is 0 Å². The molecule has 0 saturated carbocycles. The number of nitrogens with zero attached hydrogens (tertiary/aromatic N) is 1. The highest BCUT2D eigenvalue weighted by Crippen LogP contribution is 2.36. The molecule has 4 aromatic carbocycles. The van der Waals surface area contributed by atoms with Gasteiger partial charge in [-0.2, -0.15) is 5.26 Å². The van der Waals surface area contributed by atoms with Crippen molar-refractivity contribution in [2.75, 3.05) is 28.4 Å². The van der Waals surface area contributed by atoms with E-state index in [0.29, 0.717) is 50.5 Å². The van der Waals surface area contributed by atoms with Gasteiger partial charge in [-0.3, -0.25) is 9.59 Å². The highest BCUT2D eigenvalue weighted by molar-refractivity contribution is 5.86. The minimum atomic E-state index is -1.04. The second kappa shape index (κ2) is 12.5. The monoisotopic (exact) mass is 615 g/mol. The zero-order valence-corrected chi connectivity index (χ0v) is 25.6. The molecule has 0 saturated heterocycles. The molecule has 230 valence electrons. The smallest absolute Gasteiger partial charge is 0.200 e. The predicted octanol–water partition coefficient (Wildman–Crippen LogP) is 7.12. The largest absolute Gasteiger partial charge is 0.497 e. The van der Waals surface area contributed by atoms with Gasteiger partial charge in [0.1, 0.15) is 51.6 Å². The van der Waals surface area contributed by atoms with Crippen LogP contribution in [-0.2, 0) is 6.42 Å². The summed E-state index contributed by atoms with van der Waals surface area (Å²) in [4.78, 5) is 28.1. The van der Waals surface area contributed by atoms with Crippen molar-refractivity contribution in [3.05, 3.63) is 117 Å². The number of rotatable bonds is 9. The van der Waals surface area contributed by atoms with Crippen molar-refractivity contribution in [3.8, 4) is 51.3 Å². The van der Waals surface area contributed by atoms with E-state index >= 15 is 0 Å². The number of methoxy groups -OCH3 is 4. The van der Waals surface area contributed by atoms with E-state index in [2.05, 4.69) is 6.07 Å². The number of fused-ring (bicyclic) bond motifs is 2. The lowest BCUT2D eigenvalue weighted by Gasteiger charge is -2.17. The van der Waals surface area contributed by atoms with Crippen LogP contribution >= 0.6 is 0 Å². The Morgan fingerprint density at radius 3 is 1.52 bits per heavy atom. The fourth-order valence-corrected chi connectivity index (χ4v) is 5.52. The van der Waals surface area contributed by atoms with Crippen molar-refractivity contribution in [2.45, 2.75) is 12.3 Å². The van der Waals surface area contributed by atoms with Crippen LogP contribution in [0.3, 0.4) is 0 Å². The summed E-state index contributed by atoms with van der Waals surface area (Å²) in [6.07, 6.45) is -0.0815. The molecule has 46 heavy (non-hydrogen) atoms. The first kappa shape index (κ1) is 30.0. The van der Waals surface area contributed by atoms with Crippen LogP contribution in [0.1, 0.15) is 17.4 Å². The predicted molar refractivity (Wildman–Crippen MR) is 174 cm³/mol. The molecule has 1 unspecified atom stereocenters. The Balaban J connectivity index is 1.59. The lowest BCUT2D eigenvalue weighted by molar-refractivity contribution is 0.412. The Morgan fingerprint density at radius 2 is 1.04 bits per heavy atom. The van der Waals surface area contributed by atoms with Crippen LogP contribution in [-0.4, -0.2) is 28.4 Å². The normalized spacial score (nSPS) is 11.6. The molecule has 2 aromatic heterocycles. The van der Waals surface area contributed by atoms with Crippen molar-refractivity contribution >= 4 is 21.9 Å². The minimum Gasteiger partial charge on any atom is -0.497 e. The van der Waals surface area contributed by atoms with Crippen LogP contribution < -0.4 is 29.8 Å². The molecule has 0 N–H and O–H groups in total. The van der Waals surface area contributed by atoms with Crippen molar-refractivity contribution in [1.82, 2.24) is 0 Å². The molecule has 9 heteroatoms. The first-order valence-corrected chi connectivity index (χ1v) is 14.4. The molecule has 0 aliphatic heterocycles. The summed E-state index contributed by atoms with van der Waals surface area (Å²) in [5.41, 5.74) is 1.61. The van der Waals surface area contributed by atoms with Gasteiger partial charge in [0.2, 0.25) is 10.9 Å². The van der Waals surface area contributed by atoms with Crippen molar-refractivity contribution in [1.29, 1.82) is 5.26 Å². The first-order valence-electron chi connectivity index (χ1n) is 14.4. The van der Waals surface area contributed by atoms with Gasteiger partial charge < -0.3 is 27.8 Å². The fourth-order valence-electron chi connectivity index (χ4n) is 5.52. The number of hydrogen-bond acceptors (Lipinski definition) is 9. The molecule has 0 fully saturated rings. The Labute approximate surface area is 263 Å². The quantitative estimate of drug-likeness (QED) is 0.167. The fraction of sp³-hybridized carbons (Fsp3) is 0.162. The summed E-state index contributed by atoms with van der Waals surface area (Å²) in [5, 5.41) is 11.3.